The maximum Gasteiger partial charge on any atom is 0.255 e. The van der Waals surface area contributed by atoms with Crippen molar-refractivity contribution in [1.82, 2.24) is 9.97 Å². The van der Waals surface area contributed by atoms with Gasteiger partial charge in [-0.15, -0.1) is 0 Å². The first-order chi connectivity index (χ1) is 14.9. The quantitative estimate of drug-likeness (QED) is 0.316. The Bertz CT molecular complexity index is 1170. The average molecular weight is 438 g/mol. The summed E-state index contributed by atoms with van der Waals surface area (Å²) in [5.74, 6) is 0.944. The number of ketones is 1. The van der Waals surface area contributed by atoms with Gasteiger partial charge in [0.1, 0.15) is 5.75 Å². The number of rotatable bonds is 8. The summed E-state index contributed by atoms with van der Waals surface area (Å²) in [5, 5.41) is 3.21. The lowest BCUT2D eigenvalue weighted by Crippen LogP contribution is -2.23. The largest absolute Gasteiger partial charge is 0.497 e. The second-order valence-electron chi connectivity index (χ2n) is 6.94. The van der Waals surface area contributed by atoms with Gasteiger partial charge in [-0.25, -0.2) is 4.98 Å². The van der Waals surface area contributed by atoms with E-state index in [2.05, 4.69) is 15.3 Å². The number of benzene rings is 2. The molecule has 160 valence electrons. The van der Waals surface area contributed by atoms with Gasteiger partial charge >= 0.3 is 0 Å². The molecular weight excluding hydrogens is 414 g/mol. The van der Waals surface area contributed by atoms with Crippen LogP contribution in [-0.2, 0) is 17.0 Å². The number of H-pyrrole nitrogens is 1. The van der Waals surface area contributed by atoms with E-state index >= 15 is 0 Å². The Hall–Kier alpha value is -3.39. The van der Waals surface area contributed by atoms with Crippen LogP contribution in [-0.4, -0.2) is 28.8 Å². The number of nitrogens with one attached hydrogen (secondary N) is 2. The Kier molecular flexibility index (Phi) is 7.25. The van der Waals surface area contributed by atoms with Crippen LogP contribution in [0.15, 0.2) is 58.5 Å². The molecule has 2 N–H and O–H groups in total. The molecule has 2 aromatic carbocycles. The maximum atomic E-state index is 12.6. The summed E-state index contributed by atoms with van der Waals surface area (Å²) in [6.45, 7) is 3.17. The van der Waals surface area contributed by atoms with Crippen LogP contribution < -0.4 is 15.6 Å². The average Bonchev–Trinajstić information content (AvgIpc) is 2.75. The zero-order valence-electron chi connectivity index (χ0n) is 17.5. The van der Waals surface area contributed by atoms with Crippen LogP contribution in [0.4, 0.5) is 5.69 Å². The number of methoxy groups -OCH3 is 1. The Morgan fingerprint density at radius 3 is 2.65 bits per heavy atom. The second-order valence-corrected chi connectivity index (χ2v) is 7.90. The Morgan fingerprint density at radius 2 is 1.94 bits per heavy atom. The fourth-order valence-corrected chi connectivity index (χ4v) is 3.81. The highest BCUT2D eigenvalue weighted by Gasteiger charge is 2.14. The zero-order chi connectivity index (χ0) is 22.4. The van der Waals surface area contributed by atoms with Gasteiger partial charge in [0.15, 0.2) is 10.9 Å². The number of anilines is 1. The van der Waals surface area contributed by atoms with Gasteiger partial charge in [-0.1, -0.05) is 36.0 Å². The predicted molar refractivity (Wildman–Crippen MR) is 121 cm³/mol. The highest BCUT2D eigenvalue weighted by atomic mass is 32.2. The summed E-state index contributed by atoms with van der Waals surface area (Å²) < 4.78 is 5.22. The van der Waals surface area contributed by atoms with Crippen molar-refractivity contribution >= 4 is 29.1 Å². The van der Waals surface area contributed by atoms with Crippen molar-refractivity contribution in [2.75, 3.05) is 12.4 Å². The molecule has 8 heteroatoms. The minimum atomic E-state index is -0.354. The Morgan fingerprint density at radius 1 is 1.16 bits per heavy atom. The molecule has 0 radical (unpaired) electrons. The lowest BCUT2D eigenvalue weighted by atomic mass is 10.1. The third-order valence-corrected chi connectivity index (χ3v) is 5.54. The van der Waals surface area contributed by atoms with E-state index in [0.717, 1.165) is 11.3 Å². The van der Waals surface area contributed by atoms with Crippen LogP contribution in [0.2, 0.25) is 0 Å². The van der Waals surface area contributed by atoms with Crippen LogP contribution in [0.3, 0.4) is 0 Å². The molecule has 3 rings (SSSR count). The van der Waals surface area contributed by atoms with Gasteiger partial charge < -0.3 is 15.0 Å². The summed E-state index contributed by atoms with van der Waals surface area (Å²) in [6.07, 6.45) is -0.112. The smallest absolute Gasteiger partial charge is 0.255 e. The number of ether oxygens (including phenoxy) is 1. The van der Waals surface area contributed by atoms with Gasteiger partial charge in [0.05, 0.1) is 13.5 Å². The third-order valence-electron chi connectivity index (χ3n) is 4.60. The molecule has 7 nitrogen and oxygen atoms in total. The van der Waals surface area contributed by atoms with Crippen LogP contribution in [0.25, 0.3) is 0 Å². The molecule has 1 aromatic heterocycles. The number of aromatic nitrogens is 2. The first-order valence-corrected chi connectivity index (χ1v) is 10.6. The van der Waals surface area contributed by atoms with E-state index in [1.54, 1.807) is 38.3 Å². The van der Waals surface area contributed by atoms with Crippen molar-refractivity contribution in [3.63, 3.8) is 0 Å². The molecular formula is C23H23N3O4S. The van der Waals surface area contributed by atoms with Gasteiger partial charge in [0, 0.05) is 28.3 Å². The van der Waals surface area contributed by atoms with Gasteiger partial charge in [-0.3, -0.25) is 14.4 Å². The summed E-state index contributed by atoms with van der Waals surface area (Å²) >= 11 is 1.40. The summed E-state index contributed by atoms with van der Waals surface area (Å²) in [4.78, 5) is 43.7. The van der Waals surface area contributed by atoms with Gasteiger partial charge in [0.2, 0.25) is 5.91 Å². The molecule has 1 heterocycles. The van der Waals surface area contributed by atoms with Crippen molar-refractivity contribution in [2.45, 2.75) is 31.2 Å². The lowest BCUT2D eigenvalue weighted by Gasteiger charge is -2.09. The van der Waals surface area contributed by atoms with E-state index in [4.69, 9.17) is 4.74 Å². The monoisotopic (exact) mass is 437 g/mol. The van der Waals surface area contributed by atoms with E-state index in [-0.39, 0.29) is 23.7 Å². The van der Waals surface area contributed by atoms with E-state index < -0.39 is 0 Å². The number of aromatic amines is 1. The molecule has 0 aliphatic rings. The van der Waals surface area contributed by atoms with Crippen molar-refractivity contribution < 1.29 is 14.3 Å². The number of amides is 1. The van der Waals surface area contributed by atoms with Crippen molar-refractivity contribution in [1.29, 1.82) is 0 Å². The molecule has 0 unspecified atom stereocenters. The SMILES string of the molecule is COc1cccc(CSc2nc(C)c(CC(=O)Nc3cccc(C(C)=O)c3)c(=O)[nH]2)c1. The first-order valence-electron chi connectivity index (χ1n) is 9.62. The van der Waals surface area contributed by atoms with Gasteiger partial charge in [0.25, 0.3) is 5.56 Å². The molecule has 0 spiro atoms. The minimum Gasteiger partial charge on any atom is -0.497 e. The van der Waals surface area contributed by atoms with Crippen LogP contribution in [0, 0.1) is 6.92 Å². The van der Waals surface area contributed by atoms with E-state index in [1.165, 1.54) is 18.7 Å². The van der Waals surface area contributed by atoms with E-state index in [9.17, 15) is 14.4 Å². The summed E-state index contributed by atoms with van der Waals surface area (Å²) in [7, 11) is 1.61. The molecule has 0 bridgehead atoms. The van der Waals surface area contributed by atoms with Crippen molar-refractivity contribution in [3.05, 3.63) is 81.3 Å². The van der Waals surface area contributed by atoms with Gasteiger partial charge in [-0.05, 0) is 43.7 Å². The number of thioether (sulfide) groups is 1. The van der Waals surface area contributed by atoms with E-state index in [0.29, 0.717) is 33.4 Å². The fourth-order valence-electron chi connectivity index (χ4n) is 2.96. The van der Waals surface area contributed by atoms with Crippen molar-refractivity contribution in [2.24, 2.45) is 0 Å². The van der Waals surface area contributed by atoms with Crippen LogP contribution in [0.1, 0.15) is 34.1 Å². The number of carbonyl (C=O) groups is 2. The normalized spacial score (nSPS) is 10.5. The van der Waals surface area contributed by atoms with Crippen molar-refractivity contribution in [3.8, 4) is 5.75 Å². The number of hydrogen-bond donors (Lipinski definition) is 2. The van der Waals surface area contributed by atoms with Crippen LogP contribution in [0.5, 0.6) is 5.75 Å². The number of aryl methyl sites for hydroxylation is 1. The van der Waals surface area contributed by atoms with E-state index in [1.807, 2.05) is 24.3 Å². The molecule has 31 heavy (non-hydrogen) atoms. The Balaban J connectivity index is 1.67. The highest BCUT2D eigenvalue weighted by Crippen LogP contribution is 2.22. The molecule has 0 aliphatic heterocycles. The first kappa shape index (κ1) is 22.3. The fraction of sp³-hybridized carbons (Fsp3) is 0.217. The van der Waals surface area contributed by atoms with Gasteiger partial charge in [-0.2, -0.15) is 0 Å². The number of nitrogens with zero attached hydrogens (tertiary/aromatic N) is 1. The number of carbonyl (C=O) groups excluding carboxylic acids is 2. The standard InChI is InChI=1S/C23H23N3O4S/c1-14-20(12-21(28)25-18-8-5-7-17(11-18)15(2)27)22(29)26-23(24-14)31-13-16-6-4-9-19(10-16)30-3/h4-11H,12-13H2,1-3H3,(H,25,28)(H,24,26,29). The number of hydrogen-bond acceptors (Lipinski definition) is 6. The molecule has 0 aliphatic carbocycles. The topological polar surface area (TPSA) is 101 Å². The molecule has 3 aromatic rings. The van der Waals surface area contributed by atoms with Crippen LogP contribution >= 0.6 is 11.8 Å². The number of Topliss-reactive ketones (excluding diaryl/α,β-unsaturated/α-hetero) is 1. The second kappa shape index (κ2) is 10.1. The summed E-state index contributed by atoms with van der Waals surface area (Å²) in [5.41, 5.74) is 2.53. The summed E-state index contributed by atoms with van der Waals surface area (Å²) in [6, 6.07) is 14.3. The molecule has 0 saturated carbocycles. The lowest BCUT2D eigenvalue weighted by molar-refractivity contribution is -0.115. The molecule has 1 amide bonds. The Labute approximate surface area is 184 Å². The predicted octanol–water partition coefficient (Wildman–Crippen LogP) is 3.76. The molecule has 0 fully saturated rings. The molecule has 0 atom stereocenters. The zero-order valence-corrected chi connectivity index (χ0v) is 18.3. The third kappa shape index (κ3) is 6.05. The highest BCUT2D eigenvalue weighted by molar-refractivity contribution is 7.98. The maximum absolute atomic E-state index is 12.6. The minimum absolute atomic E-state index is 0.0883. The molecule has 0 saturated heterocycles.